The SMILES string of the molecule is CC(C)/C(C=N)=C\C=NCCSC(=O)CCC=O. The first kappa shape index (κ1) is 16.8. The number of allylic oxidation sites excluding steroid dienone is 2. The van der Waals surface area contributed by atoms with Crippen LogP contribution >= 0.6 is 11.8 Å². The molecule has 0 radical (unpaired) electrons. The molecule has 0 atom stereocenters. The summed E-state index contributed by atoms with van der Waals surface area (Å²) in [5.41, 5.74) is 0.925. The number of carbonyl (C=O) groups excluding carboxylic acids is 2. The Balaban J connectivity index is 3.81. The molecule has 0 rings (SSSR count). The second-order valence-corrected chi connectivity index (χ2v) is 5.10. The van der Waals surface area contributed by atoms with Crippen LogP contribution in [0.4, 0.5) is 0 Å². The highest BCUT2D eigenvalue weighted by Crippen LogP contribution is 2.06. The predicted octanol–water partition coefficient (Wildman–Crippen LogP) is 2.53. The Morgan fingerprint density at radius 1 is 1.44 bits per heavy atom. The van der Waals surface area contributed by atoms with Crippen molar-refractivity contribution >= 4 is 35.6 Å². The van der Waals surface area contributed by atoms with Crippen LogP contribution in [0.2, 0.25) is 0 Å². The molecule has 0 saturated heterocycles. The number of carbonyl (C=O) groups is 2. The fourth-order valence-electron chi connectivity index (χ4n) is 1.08. The molecule has 0 saturated carbocycles. The van der Waals surface area contributed by atoms with E-state index in [1.165, 1.54) is 18.0 Å². The zero-order chi connectivity index (χ0) is 13.8. The first-order valence-electron chi connectivity index (χ1n) is 5.91. The van der Waals surface area contributed by atoms with Crippen molar-refractivity contribution in [1.29, 1.82) is 5.41 Å². The van der Waals surface area contributed by atoms with Crippen LogP contribution in [0.15, 0.2) is 16.6 Å². The van der Waals surface area contributed by atoms with E-state index >= 15 is 0 Å². The number of nitrogens with one attached hydrogen (secondary N) is 1. The fraction of sp³-hybridized carbons (Fsp3) is 0.538. The first-order valence-corrected chi connectivity index (χ1v) is 6.90. The smallest absolute Gasteiger partial charge is 0.189 e. The van der Waals surface area contributed by atoms with E-state index in [0.29, 0.717) is 31.1 Å². The molecule has 1 N–H and O–H groups in total. The highest BCUT2D eigenvalue weighted by atomic mass is 32.2. The van der Waals surface area contributed by atoms with Gasteiger partial charge in [-0.2, -0.15) is 0 Å². The largest absolute Gasteiger partial charge is 0.308 e. The van der Waals surface area contributed by atoms with Crippen molar-refractivity contribution in [2.24, 2.45) is 10.9 Å². The number of aldehydes is 1. The van der Waals surface area contributed by atoms with Gasteiger partial charge in [0, 0.05) is 37.6 Å². The molecule has 5 heteroatoms. The van der Waals surface area contributed by atoms with Crippen LogP contribution in [0.5, 0.6) is 0 Å². The molecule has 0 aliphatic rings. The van der Waals surface area contributed by atoms with Gasteiger partial charge in [0.2, 0.25) is 0 Å². The predicted molar refractivity (Wildman–Crippen MR) is 77.8 cm³/mol. The lowest BCUT2D eigenvalue weighted by Crippen LogP contribution is -1.97. The van der Waals surface area contributed by atoms with Crippen molar-refractivity contribution in [1.82, 2.24) is 0 Å². The monoisotopic (exact) mass is 268 g/mol. The third-order valence-electron chi connectivity index (χ3n) is 2.16. The molecular formula is C13H20N2O2S. The molecule has 0 amide bonds. The molecular weight excluding hydrogens is 248 g/mol. The third-order valence-corrected chi connectivity index (χ3v) is 3.07. The topological polar surface area (TPSA) is 70.3 Å². The normalized spacial score (nSPS) is 12.1. The maximum atomic E-state index is 11.2. The van der Waals surface area contributed by atoms with Gasteiger partial charge < -0.3 is 10.2 Å². The van der Waals surface area contributed by atoms with E-state index < -0.39 is 0 Å². The van der Waals surface area contributed by atoms with Crippen LogP contribution in [0.1, 0.15) is 26.7 Å². The molecule has 0 aliphatic heterocycles. The number of aliphatic imine (C=N–C) groups is 1. The lowest BCUT2D eigenvalue weighted by Gasteiger charge is -2.01. The highest BCUT2D eigenvalue weighted by Gasteiger charge is 2.00. The van der Waals surface area contributed by atoms with Crippen molar-refractivity contribution in [3.63, 3.8) is 0 Å². The van der Waals surface area contributed by atoms with E-state index in [1.807, 2.05) is 19.9 Å². The summed E-state index contributed by atoms with van der Waals surface area (Å²) in [4.78, 5) is 25.4. The van der Waals surface area contributed by atoms with Gasteiger partial charge in [-0.3, -0.25) is 9.79 Å². The molecule has 100 valence electrons. The summed E-state index contributed by atoms with van der Waals surface area (Å²) in [5.74, 6) is 0.942. The molecule has 18 heavy (non-hydrogen) atoms. The van der Waals surface area contributed by atoms with E-state index in [2.05, 4.69) is 4.99 Å². The van der Waals surface area contributed by atoms with Crippen LogP contribution in [-0.2, 0) is 9.59 Å². The van der Waals surface area contributed by atoms with E-state index in [4.69, 9.17) is 5.41 Å². The third kappa shape index (κ3) is 8.87. The number of rotatable bonds is 9. The summed E-state index contributed by atoms with van der Waals surface area (Å²) < 4.78 is 0. The lowest BCUT2D eigenvalue weighted by molar-refractivity contribution is -0.114. The van der Waals surface area contributed by atoms with Gasteiger partial charge in [-0.15, -0.1) is 0 Å². The minimum atomic E-state index is 0.0372. The number of nitrogens with zero attached hydrogens (tertiary/aromatic N) is 1. The second-order valence-electron chi connectivity index (χ2n) is 3.95. The van der Waals surface area contributed by atoms with Crippen LogP contribution in [0.25, 0.3) is 0 Å². The summed E-state index contributed by atoms with van der Waals surface area (Å²) in [7, 11) is 0. The Labute approximate surface area is 112 Å². The average molecular weight is 268 g/mol. The first-order chi connectivity index (χ1) is 8.61. The van der Waals surface area contributed by atoms with Gasteiger partial charge in [0.05, 0.1) is 0 Å². The zero-order valence-corrected chi connectivity index (χ0v) is 11.7. The molecule has 0 aliphatic carbocycles. The van der Waals surface area contributed by atoms with Gasteiger partial charge >= 0.3 is 0 Å². The molecule has 0 fully saturated rings. The summed E-state index contributed by atoms with van der Waals surface area (Å²) in [6.07, 6.45) is 6.19. The van der Waals surface area contributed by atoms with Crippen LogP contribution in [0.3, 0.4) is 0 Å². The van der Waals surface area contributed by atoms with Gasteiger partial charge in [0.1, 0.15) is 6.29 Å². The molecule has 0 aromatic heterocycles. The maximum Gasteiger partial charge on any atom is 0.189 e. The van der Waals surface area contributed by atoms with Gasteiger partial charge in [0.15, 0.2) is 5.12 Å². The number of hydrogen-bond acceptors (Lipinski definition) is 5. The quantitative estimate of drug-likeness (QED) is 0.397. The van der Waals surface area contributed by atoms with Gasteiger partial charge in [-0.05, 0) is 17.6 Å². The van der Waals surface area contributed by atoms with Crippen molar-refractivity contribution in [3.05, 3.63) is 11.6 Å². The number of thioether (sulfide) groups is 1. The number of hydrogen-bond donors (Lipinski definition) is 1. The van der Waals surface area contributed by atoms with Gasteiger partial charge in [-0.25, -0.2) is 0 Å². The minimum Gasteiger partial charge on any atom is -0.308 e. The fourth-order valence-corrected chi connectivity index (χ4v) is 1.77. The molecule has 0 bridgehead atoms. The van der Waals surface area contributed by atoms with E-state index in [0.717, 1.165) is 11.9 Å². The summed E-state index contributed by atoms with van der Waals surface area (Å²) in [5, 5.41) is 7.23. The summed E-state index contributed by atoms with van der Waals surface area (Å²) >= 11 is 1.21. The molecule has 0 heterocycles. The summed E-state index contributed by atoms with van der Waals surface area (Å²) in [6, 6.07) is 0. The Hall–Kier alpha value is -1.23. The Kier molecular flexibility index (Phi) is 10.2. The van der Waals surface area contributed by atoms with Crippen molar-refractivity contribution in [3.8, 4) is 0 Å². The molecule has 0 aromatic carbocycles. The Bertz CT molecular complexity index is 336. The molecule has 0 spiro atoms. The molecule has 4 nitrogen and oxygen atoms in total. The highest BCUT2D eigenvalue weighted by molar-refractivity contribution is 8.13. The van der Waals surface area contributed by atoms with E-state index in [9.17, 15) is 9.59 Å². The maximum absolute atomic E-state index is 11.2. The van der Waals surface area contributed by atoms with Gasteiger partial charge in [-0.1, -0.05) is 25.6 Å². The lowest BCUT2D eigenvalue weighted by atomic mass is 10.1. The summed E-state index contributed by atoms with van der Waals surface area (Å²) in [6.45, 7) is 4.61. The van der Waals surface area contributed by atoms with Crippen LogP contribution in [-0.4, -0.2) is 36.1 Å². The minimum absolute atomic E-state index is 0.0372. The standard InChI is InChI=1S/C13H20N2O2S/c1-11(2)12(10-14)5-6-15-7-9-18-13(17)4-3-8-16/h5-6,8,10-11,14H,3-4,7,9H2,1-2H3/b12-5-,14-10?,15-6?. The second kappa shape index (κ2) is 10.9. The van der Waals surface area contributed by atoms with Gasteiger partial charge in [0.25, 0.3) is 0 Å². The molecule has 0 aromatic rings. The van der Waals surface area contributed by atoms with Crippen molar-refractivity contribution in [2.45, 2.75) is 26.7 Å². The van der Waals surface area contributed by atoms with Crippen molar-refractivity contribution < 1.29 is 9.59 Å². The van der Waals surface area contributed by atoms with Crippen LogP contribution in [0, 0.1) is 11.3 Å². The van der Waals surface area contributed by atoms with E-state index in [-0.39, 0.29) is 5.12 Å². The zero-order valence-electron chi connectivity index (χ0n) is 10.9. The Morgan fingerprint density at radius 3 is 2.72 bits per heavy atom. The molecule has 0 unspecified atom stereocenters. The Morgan fingerprint density at radius 2 is 2.17 bits per heavy atom. The average Bonchev–Trinajstić information content (AvgIpc) is 2.35. The van der Waals surface area contributed by atoms with E-state index in [1.54, 1.807) is 6.21 Å². The van der Waals surface area contributed by atoms with Crippen molar-refractivity contribution in [2.75, 3.05) is 12.3 Å². The van der Waals surface area contributed by atoms with Crippen LogP contribution < -0.4 is 0 Å².